The third-order valence-corrected chi connectivity index (χ3v) is 3.75. The van der Waals surface area contributed by atoms with Gasteiger partial charge in [0.05, 0.1) is 17.5 Å². The maximum atomic E-state index is 10.3. The minimum Gasteiger partial charge on any atom is -0.496 e. The van der Waals surface area contributed by atoms with Crippen LogP contribution in [0.1, 0.15) is 27.7 Å². The topological polar surface area (TPSA) is 42.4 Å². The summed E-state index contributed by atoms with van der Waals surface area (Å²) in [5.74, 6) is 0.755. The SMILES string of the molecule is COc1c(C(O)c2cncs2)ccc(C)c1C. The number of aromatic nitrogens is 1. The van der Waals surface area contributed by atoms with E-state index in [0.717, 1.165) is 27.3 Å². The van der Waals surface area contributed by atoms with E-state index in [1.54, 1.807) is 18.8 Å². The van der Waals surface area contributed by atoms with Gasteiger partial charge in [-0.3, -0.25) is 4.98 Å². The van der Waals surface area contributed by atoms with Crippen LogP contribution < -0.4 is 4.74 Å². The molecule has 0 saturated heterocycles. The van der Waals surface area contributed by atoms with E-state index < -0.39 is 6.10 Å². The second kappa shape index (κ2) is 4.85. The van der Waals surface area contributed by atoms with Crippen LogP contribution >= 0.6 is 11.3 Å². The number of hydrogen-bond donors (Lipinski definition) is 1. The Balaban J connectivity index is 2.49. The summed E-state index contributed by atoms with van der Waals surface area (Å²) in [5.41, 5.74) is 4.72. The number of methoxy groups -OCH3 is 1. The highest BCUT2D eigenvalue weighted by atomic mass is 32.1. The molecule has 1 unspecified atom stereocenters. The van der Waals surface area contributed by atoms with Crippen molar-refractivity contribution in [1.29, 1.82) is 0 Å². The summed E-state index contributed by atoms with van der Waals surface area (Å²) < 4.78 is 5.40. The largest absolute Gasteiger partial charge is 0.496 e. The number of hydrogen-bond acceptors (Lipinski definition) is 4. The van der Waals surface area contributed by atoms with E-state index >= 15 is 0 Å². The molecule has 0 aliphatic carbocycles. The zero-order valence-electron chi connectivity index (χ0n) is 10.1. The molecule has 0 spiro atoms. The first-order valence-electron chi connectivity index (χ1n) is 5.35. The standard InChI is InChI=1S/C13H15NO2S/c1-8-4-5-10(13(16-3)9(8)2)12(15)11-6-14-7-17-11/h4-7,12,15H,1-3H3. The lowest BCUT2D eigenvalue weighted by Gasteiger charge is -2.16. The molecular weight excluding hydrogens is 234 g/mol. The monoisotopic (exact) mass is 249 g/mol. The van der Waals surface area contributed by atoms with Crippen molar-refractivity contribution in [1.82, 2.24) is 4.98 Å². The summed E-state index contributed by atoms with van der Waals surface area (Å²) in [6.45, 7) is 4.03. The molecule has 90 valence electrons. The van der Waals surface area contributed by atoms with Crippen molar-refractivity contribution in [2.75, 3.05) is 7.11 Å². The predicted molar refractivity (Wildman–Crippen MR) is 68.6 cm³/mol. The molecule has 0 amide bonds. The van der Waals surface area contributed by atoms with E-state index in [-0.39, 0.29) is 0 Å². The van der Waals surface area contributed by atoms with E-state index in [0.29, 0.717) is 0 Å². The quantitative estimate of drug-likeness (QED) is 0.909. The molecule has 0 aliphatic rings. The van der Waals surface area contributed by atoms with Crippen molar-refractivity contribution in [2.45, 2.75) is 20.0 Å². The van der Waals surface area contributed by atoms with Crippen LogP contribution in [0.25, 0.3) is 0 Å². The smallest absolute Gasteiger partial charge is 0.128 e. The summed E-state index contributed by atoms with van der Waals surface area (Å²) in [6, 6.07) is 3.91. The summed E-state index contributed by atoms with van der Waals surface area (Å²) >= 11 is 1.44. The van der Waals surface area contributed by atoms with E-state index in [9.17, 15) is 5.11 Å². The van der Waals surface area contributed by atoms with Gasteiger partial charge in [-0.25, -0.2) is 0 Å². The molecule has 1 aromatic carbocycles. The fourth-order valence-electron chi connectivity index (χ4n) is 1.81. The summed E-state index contributed by atoms with van der Waals surface area (Å²) in [7, 11) is 1.63. The normalized spacial score (nSPS) is 12.5. The number of aliphatic hydroxyl groups is 1. The summed E-state index contributed by atoms with van der Waals surface area (Å²) in [4.78, 5) is 4.81. The Kier molecular flexibility index (Phi) is 3.45. The first-order chi connectivity index (χ1) is 8.15. The Morgan fingerprint density at radius 2 is 2.12 bits per heavy atom. The van der Waals surface area contributed by atoms with Crippen molar-refractivity contribution in [3.8, 4) is 5.75 Å². The highest BCUT2D eigenvalue weighted by Gasteiger charge is 2.18. The Hall–Kier alpha value is -1.39. The number of benzene rings is 1. The third-order valence-electron chi connectivity index (χ3n) is 2.93. The maximum absolute atomic E-state index is 10.3. The minimum atomic E-state index is -0.670. The van der Waals surface area contributed by atoms with Crippen molar-refractivity contribution in [3.63, 3.8) is 0 Å². The van der Waals surface area contributed by atoms with Crippen molar-refractivity contribution < 1.29 is 9.84 Å². The molecule has 1 heterocycles. The Bertz CT molecular complexity index is 508. The zero-order valence-corrected chi connectivity index (χ0v) is 10.9. The number of ether oxygens (including phenoxy) is 1. The van der Waals surface area contributed by atoms with Gasteiger partial charge in [-0.05, 0) is 25.0 Å². The van der Waals surface area contributed by atoms with Gasteiger partial charge >= 0.3 is 0 Å². The van der Waals surface area contributed by atoms with Crippen molar-refractivity contribution in [3.05, 3.63) is 45.4 Å². The van der Waals surface area contributed by atoms with Gasteiger partial charge in [-0.15, -0.1) is 11.3 Å². The van der Waals surface area contributed by atoms with Gasteiger partial charge in [-0.1, -0.05) is 12.1 Å². The minimum absolute atomic E-state index is 0.670. The first kappa shape index (κ1) is 12.1. The Morgan fingerprint density at radius 3 is 2.71 bits per heavy atom. The highest BCUT2D eigenvalue weighted by Crippen LogP contribution is 2.34. The average Bonchev–Trinajstić information content (AvgIpc) is 2.85. The maximum Gasteiger partial charge on any atom is 0.128 e. The van der Waals surface area contributed by atoms with Crippen LogP contribution in [-0.2, 0) is 0 Å². The second-order valence-corrected chi connectivity index (χ2v) is 4.85. The van der Waals surface area contributed by atoms with E-state index in [1.165, 1.54) is 11.3 Å². The van der Waals surface area contributed by atoms with Crippen molar-refractivity contribution >= 4 is 11.3 Å². The molecule has 0 fully saturated rings. The summed E-state index contributed by atoms with van der Waals surface area (Å²) in [5, 5.41) is 10.3. The molecule has 2 aromatic rings. The molecule has 3 nitrogen and oxygen atoms in total. The lowest BCUT2D eigenvalue weighted by atomic mass is 10.00. The number of rotatable bonds is 3. The Labute approximate surface area is 105 Å². The molecule has 0 radical (unpaired) electrons. The fraction of sp³-hybridized carbons (Fsp3) is 0.308. The molecule has 0 bridgehead atoms. The molecular formula is C13H15NO2S. The van der Waals surface area contributed by atoms with Crippen LogP contribution in [0.15, 0.2) is 23.8 Å². The molecule has 1 N–H and O–H groups in total. The van der Waals surface area contributed by atoms with Gasteiger partial charge in [0.1, 0.15) is 11.9 Å². The molecule has 17 heavy (non-hydrogen) atoms. The molecule has 4 heteroatoms. The summed E-state index contributed by atoms with van der Waals surface area (Å²) in [6.07, 6.45) is 1.01. The van der Waals surface area contributed by atoms with Crippen LogP contribution in [-0.4, -0.2) is 17.2 Å². The molecule has 1 aromatic heterocycles. The van der Waals surface area contributed by atoms with E-state index in [1.807, 2.05) is 26.0 Å². The molecule has 1 atom stereocenters. The first-order valence-corrected chi connectivity index (χ1v) is 6.23. The lowest BCUT2D eigenvalue weighted by molar-refractivity contribution is 0.218. The molecule has 2 rings (SSSR count). The van der Waals surface area contributed by atoms with Crippen LogP contribution in [0.4, 0.5) is 0 Å². The van der Waals surface area contributed by atoms with E-state index in [2.05, 4.69) is 4.98 Å². The van der Waals surface area contributed by atoms with Crippen LogP contribution in [0.3, 0.4) is 0 Å². The van der Waals surface area contributed by atoms with Crippen LogP contribution in [0.2, 0.25) is 0 Å². The van der Waals surface area contributed by atoms with Gasteiger partial charge < -0.3 is 9.84 Å². The predicted octanol–water partition coefficient (Wildman–Crippen LogP) is 2.85. The van der Waals surface area contributed by atoms with Crippen LogP contribution in [0.5, 0.6) is 5.75 Å². The number of thiazole rings is 1. The number of nitrogens with zero attached hydrogens (tertiary/aromatic N) is 1. The van der Waals surface area contributed by atoms with Gasteiger partial charge in [0.2, 0.25) is 0 Å². The van der Waals surface area contributed by atoms with Gasteiger partial charge in [0, 0.05) is 11.8 Å². The molecule has 0 saturated carbocycles. The molecule has 0 aliphatic heterocycles. The number of aryl methyl sites for hydroxylation is 1. The lowest BCUT2D eigenvalue weighted by Crippen LogP contribution is -2.03. The number of aliphatic hydroxyl groups excluding tert-OH is 1. The van der Waals surface area contributed by atoms with Gasteiger partial charge in [-0.2, -0.15) is 0 Å². The van der Waals surface area contributed by atoms with Gasteiger partial charge in [0.25, 0.3) is 0 Å². The zero-order chi connectivity index (χ0) is 12.4. The Morgan fingerprint density at radius 1 is 1.35 bits per heavy atom. The second-order valence-electron chi connectivity index (χ2n) is 3.94. The fourth-order valence-corrected chi connectivity index (χ4v) is 2.43. The average molecular weight is 249 g/mol. The van der Waals surface area contributed by atoms with Crippen molar-refractivity contribution in [2.24, 2.45) is 0 Å². The third kappa shape index (κ3) is 2.18. The van der Waals surface area contributed by atoms with Gasteiger partial charge in [0.15, 0.2) is 0 Å². The highest BCUT2D eigenvalue weighted by molar-refractivity contribution is 7.09. The van der Waals surface area contributed by atoms with E-state index in [4.69, 9.17) is 4.74 Å². The van der Waals surface area contributed by atoms with Crippen LogP contribution in [0, 0.1) is 13.8 Å².